The standard InChI is InChI=1S/C12H24N2O2/c1-4-5-10(13)11(15)14-9-6-7-16-12(2,3)8-9/h9-10H,4-8,13H2,1-3H3,(H,14,15)/t9?,10-/m0/s1. The monoisotopic (exact) mass is 228 g/mol. The summed E-state index contributed by atoms with van der Waals surface area (Å²) in [6, 6.07) is -0.157. The molecule has 1 unspecified atom stereocenters. The molecule has 0 aromatic rings. The molecule has 1 heterocycles. The molecule has 0 spiro atoms. The number of nitrogens with two attached hydrogens (primary N) is 1. The second kappa shape index (κ2) is 5.64. The molecule has 1 saturated heterocycles. The fourth-order valence-electron chi connectivity index (χ4n) is 2.11. The maximum Gasteiger partial charge on any atom is 0.237 e. The van der Waals surface area contributed by atoms with Crippen LogP contribution >= 0.6 is 0 Å². The zero-order valence-electron chi connectivity index (χ0n) is 10.6. The van der Waals surface area contributed by atoms with E-state index in [4.69, 9.17) is 10.5 Å². The van der Waals surface area contributed by atoms with E-state index in [-0.39, 0.29) is 23.6 Å². The van der Waals surface area contributed by atoms with Crippen molar-refractivity contribution in [3.63, 3.8) is 0 Å². The Morgan fingerprint density at radius 1 is 1.62 bits per heavy atom. The van der Waals surface area contributed by atoms with Gasteiger partial charge >= 0.3 is 0 Å². The maximum absolute atomic E-state index is 11.7. The molecule has 0 radical (unpaired) electrons. The fourth-order valence-corrected chi connectivity index (χ4v) is 2.11. The molecule has 16 heavy (non-hydrogen) atoms. The van der Waals surface area contributed by atoms with Crippen LogP contribution in [0.5, 0.6) is 0 Å². The lowest BCUT2D eigenvalue weighted by Gasteiger charge is -2.36. The number of carbonyl (C=O) groups excluding carboxylic acids is 1. The summed E-state index contributed by atoms with van der Waals surface area (Å²) in [5.74, 6) is -0.0236. The van der Waals surface area contributed by atoms with Gasteiger partial charge in [-0.3, -0.25) is 4.79 Å². The molecule has 1 fully saturated rings. The van der Waals surface area contributed by atoms with Crippen molar-refractivity contribution in [1.29, 1.82) is 0 Å². The van der Waals surface area contributed by atoms with Crippen LogP contribution in [0.1, 0.15) is 46.5 Å². The normalized spacial score (nSPS) is 26.1. The topological polar surface area (TPSA) is 64.4 Å². The Morgan fingerprint density at radius 3 is 2.88 bits per heavy atom. The average Bonchev–Trinajstić information content (AvgIpc) is 2.16. The summed E-state index contributed by atoms with van der Waals surface area (Å²) in [7, 11) is 0. The highest BCUT2D eigenvalue weighted by molar-refractivity contribution is 5.81. The Hall–Kier alpha value is -0.610. The summed E-state index contributed by atoms with van der Waals surface area (Å²) in [6.45, 7) is 6.85. The largest absolute Gasteiger partial charge is 0.375 e. The van der Waals surface area contributed by atoms with Gasteiger partial charge in [0.05, 0.1) is 11.6 Å². The first-order chi connectivity index (χ1) is 7.44. The van der Waals surface area contributed by atoms with Crippen LogP contribution < -0.4 is 11.1 Å². The van der Waals surface area contributed by atoms with E-state index in [1.54, 1.807) is 0 Å². The van der Waals surface area contributed by atoms with Crippen molar-refractivity contribution in [2.45, 2.75) is 64.1 Å². The van der Waals surface area contributed by atoms with Gasteiger partial charge in [0.1, 0.15) is 0 Å². The molecule has 1 aliphatic heterocycles. The molecule has 2 atom stereocenters. The minimum Gasteiger partial charge on any atom is -0.375 e. The number of rotatable bonds is 4. The van der Waals surface area contributed by atoms with Gasteiger partial charge in [-0.05, 0) is 33.1 Å². The van der Waals surface area contributed by atoms with E-state index in [0.717, 1.165) is 25.7 Å². The third-order valence-corrected chi connectivity index (χ3v) is 2.98. The van der Waals surface area contributed by atoms with E-state index in [0.29, 0.717) is 6.61 Å². The molecule has 0 bridgehead atoms. The number of hydrogen-bond acceptors (Lipinski definition) is 3. The summed E-state index contributed by atoms with van der Waals surface area (Å²) in [6.07, 6.45) is 3.43. The van der Waals surface area contributed by atoms with Crippen molar-refractivity contribution < 1.29 is 9.53 Å². The average molecular weight is 228 g/mol. The van der Waals surface area contributed by atoms with Gasteiger partial charge in [0, 0.05) is 12.6 Å². The lowest BCUT2D eigenvalue weighted by atomic mass is 9.93. The second-order valence-electron chi connectivity index (χ2n) is 5.20. The van der Waals surface area contributed by atoms with Crippen LogP contribution in [-0.2, 0) is 9.53 Å². The predicted molar refractivity (Wildman–Crippen MR) is 64.1 cm³/mol. The van der Waals surface area contributed by atoms with Crippen molar-refractivity contribution in [2.24, 2.45) is 5.73 Å². The van der Waals surface area contributed by atoms with E-state index in [1.165, 1.54) is 0 Å². The highest BCUT2D eigenvalue weighted by Crippen LogP contribution is 2.23. The summed E-state index contributed by atoms with van der Waals surface area (Å²) in [4.78, 5) is 11.7. The first kappa shape index (κ1) is 13.5. The van der Waals surface area contributed by atoms with E-state index in [9.17, 15) is 4.79 Å². The molecule has 4 nitrogen and oxygen atoms in total. The summed E-state index contributed by atoms with van der Waals surface area (Å²) in [5.41, 5.74) is 5.64. The molecule has 0 aromatic carbocycles. The van der Waals surface area contributed by atoms with E-state index >= 15 is 0 Å². The van der Waals surface area contributed by atoms with Gasteiger partial charge in [0.15, 0.2) is 0 Å². The zero-order valence-corrected chi connectivity index (χ0v) is 10.6. The summed E-state index contributed by atoms with van der Waals surface area (Å²) < 4.78 is 5.60. The molecular formula is C12H24N2O2. The smallest absolute Gasteiger partial charge is 0.237 e. The summed E-state index contributed by atoms with van der Waals surface area (Å²) in [5, 5.41) is 3.02. The van der Waals surface area contributed by atoms with Crippen LogP contribution in [0.3, 0.4) is 0 Å². The van der Waals surface area contributed by atoms with Crippen molar-refractivity contribution in [1.82, 2.24) is 5.32 Å². The molecule has 1 rings (SSSR count). The molecule has 0 saturated carbocycles. The molecular weight excluding hydrogens is 204 g/mol. The van der Waals surface area contributed by atoms with Gasteiger partial charge in [-0.2, -0.15) is 0 Å². The molecule has 3 N–H and O–H groups in total. The second-order valence-corrected chi connectivity index (χ2v) is 5.20. The van der Waals surface area contributed by atoms with Crippen molar-refractivity contribution in [2.75, 3.05) is 6.61 Å². The molecule has 1 aliphatic rings. The SMILES string of the molecule is CCC[C@H](N)C(=O)NC1CCOC(C)(C)C1. The minimum atomic E-state index is -0.365. The summed E-state index contributed by atoms with van der Waals surface area (Å²) >= 11 is 0. The van der Waals surface area contributed by atoms with Crippen LogP contribution in [0.4, 0.5) is 0 Å². The van der Waals surface area contributed by atoms with E-state index in [1.807, 2.05) is 6.92 Å². The van der Waals surface area contributed by atoms with Crippen molar-refractivity contribution >= 4 is 5.91 Å². The first-order valence-electron chi connectivity index (χ1n) is 6.14. The quantitative estimate of drug-likeness (QED) is 0.759. The lowest BCUT2D eigenvalue weighted by molar-refractivity contribution is -0.125. The number of ether oxygens (including phenoxy) is 1. The highest BCUT2D eigenvalue weighted by Gasteiger charge is 2.30. The number of amides is 1. The van der Waals surface area contributed by atoms with Gasteiger partial charge in [-0.15, -0.1) is 0 Å². The van der Waals surface area contributed by atoms with E-state index in [2.05, 4.69) is 19.2 Å². The Kier molecular flexibility index (Phi) is 4.74. The van der Waals surface area contributed by atoms with Gasteiger partial charge in [0.25, 0.3) is 0 Å². The number of carbonyl (C=O) groups is 1. The Morgan fingerprint density at radius 2 is 2.31 bits per heavy atom. The van der Waals surface area contributed by atoms with Gasteiger partial charge in [-0.1, -0.05) is 13.3 Å². The van der Waals surface area contributed by atoms with Crippen molar-refractivity contribution in [3.8, 4) is 0 Å². The predicted octanol–water partition coefficient (Wildman–Crippen LogP) is 1.19. The van der Waals surface area contributed by atoms with Gasteiger partial charge in [-0.25, -0.2) is 0 Å². The Bertz CT molecular complexity index is 241. The molecule has 4 heteroatoms. The first-order valence-corrected chi connectivity index (χ1v) is 6.14. The van der Waals surface area contributed by atoms with Gasteiger partial charge in [0.2, 0.25) is 5.91 Å². The van der Waals surface area contributed by atoms with Crippen molar-refractivity contribution in [3.05, 3.63) is 0 Å². The van der Waals surface area contributed by atoms with E-state index < -0.39 is 0 Å². The van der Waals surface area contributed by atoms with Crippen LogP contribution in [0.25, 0.3) is 0 Å². The van der Waals surface area contributed by atoms with Gasteiger partial charge < -0.3 is 15.8 Å². The van der Waals surface area contributed by atoms with Crippen LogP contribution in [0.15, 0.2) is 0 Å². The molecule has 1 amide bonds. The van der Waals surface area contributed by atoms with Crippen LogP contribution in [0.2, 0.25) is 0 Å². The third kappa shape index (κ3) is 4.10. The minimum absolute atomic E-state index is 0.0236. The maximum atomic E-state index is 11.7. The molecule has 0 aliphatic carbocycles. The molecule has 0 aromatic heterocycles. The zero-order chi connectivity index (χ0) is 12.2. The molecule has 94 valence electrons. The highest BCUT2D eigenvalue weighted by atomic mass is 16.5. The Balaban J connectivity index is 2.39. The van der Waals surface area contributed by atoms with Crippen LogP contribution in [0, 0.1) is 0 Å². The Labute approximate surface area is 97.9 Å². The number of nitrogens with one attached hydrogen (secondary N) is 1. The lowest BCUT2D eigenvalue weighted by Crippen LogP contribution is -2.50. The third-order valence-electron chi connectivity index (χ3n) is 2.98. The fraction of sp³-hybridized carbons (Fsp3) is 0.917. The number of hydrogen-bond donors (Lipinski definition) is 2. The van der Waals surface area contributed by atoms with Crippen LogP contribution in [-0.4, -0.2) is 30.2 Å².